The molecule has 0 fully saturated rings. The van der Waals surface area contributed by atoms with Gasteiger partial charge in [-0.25, -0.2) is 13.4 Å². The molecule has 166 valence electrons. The lowest BCUT2D eigenvalue weighted by Crippen LogP contribution is -2.37. The van der Waals surface area contributed by atoms with Crippen molar-refractivity contribution in [1.29, 1.82) is 0 Å². The molecule has 1 unspecified atom stereocenters. The minimum absolute atomic E-state index is 0.232. The predicted octanol–water partition coefficient (Wildman–Crippen LogP) is 4.84. The van der Waals surface area contributed by atoms with Crippen LogP contribution >= 0.6 is 11.6 Å². The highest BCUT2D eigenvalue weighted by atomic mass is 35.5. The zero-order chi connectivity index (χ0) is 22.8. The van der Waals surface area contributed by atoms with Crippen LogP contribution in [0.25, 0.3) is 10.9 Å². The van der Waals surface area contributed by atoms with Crippen LogP contribution in [0.4, 0.5) is 0 Å². The lowest BCUT2D eigenvalue weighted by Gasteiger charge is -2.29. The molecule has 0 saturated carbocycles. The van der Waals surface area contributed by atoms with Gasteiger partial charge in [0.15, 0.2) is 0 Å². The van der Waals surface area contributed by atoms with Crippen LogP contribution in [0, 0.1) is 6.92 Å². The van der Waals surface area contributed by atoms with E-state index in [4.69, 9.17) is 11.6 Å². The highest BCUT2D eigenvalue weighted by Crippen LogP contribution is 2.28. The van der Waals surface area contributed by atoms with Crippen LogP contribution < -0.4 is 5.56 Å². The first kappa shape index (κ1) is 23.4. The summed E-state index contributed by atoms with van der Waals surface area (Å²) >= 11 is 6.10. The third-order valence-electron chi connectivity index (χ3n) is 5.49. The zero-order valence-corrected chi connectivity index (χ0v) is 19.9. The van der Waals surface area contributed by atoms with Crippen molar-refractivity contribution < 1.29 is 8.42 Å². The first-order chi connectivity index (χ1) is 14.7. The largest absolute Gasteiger partial charge is 0.298 e. The average Bonchev–Trinajstić information content (AvgIpc) is 2.73. The molecule has 1 aromatic heterocycles. The van der Waals surface area contributed by atoms with Crippen LogP contribution in [0.3, 0.4) is 0 Å². The lowest BCUT2D eigenvalue weighted by atomic mass is 10.2. The number of halogens is 1. The maximum Gasteiger partial charge on any atom is 0.261 e. The second-order valence-electron chi connectivity index (χ2n) is 7.81. The number of sulfonamides is 1. The second-order valence-corrected chi connectivity index (χ2v) is 10.1. The lowest BCUT2D eigenvalue weighted by molar-refractivity contribution is 0.317. The highest BCUT2D eigenvalue weighted by Gasteiger charge is 2.32. The van der Waals surface area contributed by atoms with Gasteiger partial charge in [-0.15, -0.1) is 0 Å². The van der Waals surface area contributed by atoms with Crippen molar-refractivity contribution in [3.05, 3.63) is 69.2 Å². The summed E-state index contributed by atoms with van der Waals surface area (Å²) in [6.45, 7) is 6.10. The van der Waals surface area contributed by atoms with Gasteiger partial charge in [0.25, 0.3) is 5.56 Å². The fraction of sp³-hybridized carbons (Fsp3) is 0.391. The van der Waals surface area contributed by atoms with Crippen molar-refractivity contribution in [3.63, 3.8) is 0 Å². The summed E-state index contributed by atoms with van der Waals surface area (Å²) < 4.78 is 30.0. The molecule has 8 heteroatoms. The van der Waals surface area contributed by atoms with Gasteiger partial charge in [0.2, 0.25) is 10.0 Å². The quantitative estimate of drug-likeness (QED) is 0.450. The minimum Gasteiger partial charge on any atom is -0.298 e. The Labute approximate surface area is 188 Å². The van der Waals surface area contributed by atoms with Crippen LogP contribution in [0.15, 0.2) is 52.2 Å². The maximum atomic E-state index is 13.6. The van der Waals surface area contributed by atoms with Gasteiger partial charge in [0, 0.05) is 18.6 Å². The smallest absolute Gasteiger partial charge is 0.261 e. The van der Waals surface area contributed by atoms with E-state index in [-0.39, 0.29) is 10.5 Å². The third kappa shape index (κ3) is 4.84. The number of aromatic nitrogens is 2. The van der Waals surface area contributed by atoms with Crippen molar-refractivity contribution in [2.45, 2.75) is 51.0 Å². The number of hydrogen-bond donors (Lipinski definition) is 0. The maximum absolute atomic E-state index is 13.6. The van der Waals surface area contributed by atoms with Crippen molar-refractivity contribution in [2.24, 2.45) is 7.05 Å². The molecule has 0 aliphatic carbocycles. The molecule has 0 bridgehead atoms. The molecule has 1 atom stereocenters. The molecule has 3 aromatic rings. The number of nitrogens with zero attached hydrogens (tertiary/aromatic N) is 3. The Balaban J connectivity index is 2.12. The Morgan fingerprint density at radius 1 is 1.13 bits per heavy atom. The van der Waals surface area contributed by atoms with Crippen molar-refractivity contribution in [2.75, 3.05) is 6.54 Å². The van der Waals surface area contributed by atoms with E-state index < -0.39 is 16.1 Å². The molecule has 1 heterocycles. The molecule has 0 saturated heterocycles. The molecule has 0 N–H and O–H groups in total. The number of rotatable bonds is 8. The molecule has 0 aliphatic heterocycles. The molecule has 2 aromatic carbocycles. The number of unbranched alkanes of at least 4 members (excludes halogenated alkanes) is 2. The van der Waals surface area contributed by atoms with Gasteiger partial charge in [0.05, 0.1) is 21.8 Å². The zero-order valence-electron chi connectivity index (χ0n) is 18.3. The van der Waals surface area contributed by atoms with Crippen molar-refractivity contribution >= 4 is 32.5 Å². The Morgan fingerprint density at radius 3 is 2.45 bits per heavy atom. The normalized spacial score (nSPS) is 13.1. The van der Waals surface area contributed by atoms with E-state index >= 15 is 0 Å². The van der Waals surface area contributed by atoms with Gasteiger partial charge in [-0.3, -0.25) is 9.36 Å². The Morgan fingerprint density at radius 2 is 1.81 bits per heavy atom. The molecular formula is C23H28ClN3O3S. The summed E-state index contributed by atoms with van der Waals surface area (Å²) in [6.07, 6.45) is 2.60. The van der Waals surface area contributed by atoms with E-state index in [2.05, 4.69) is 11.9 Å². The van der Waals surface area contributed by atoms with E-state index in [1.807, 2.05) is 6.92 Å². The van der Waals surface area contributed by atoms with Crippen LogP contribution in [0.1, 0.15) is 50.5 Å². The van der Waals surface area contributed by atoms with Crippen molar-refractivity contribution in [3.8, 4) is 0 Å². The molecule has 0 radical (unpaired) electrons. The number of benzene rings is 2. The summed E-state index contributed by atoms with van der Waals surface area (Å²) in [5.41, 5.74) is 1.21. The fourth-order valence-electron chi connectivity index (χ4n) is 3.65. The average molecular weight is 462 g/mol. The molecular weight excluding hydrogens is 434 g/mol. The second kappa shape index (κ2) is 9.51. The molecule has 6 nitrogen and oxygen atoms in total. The summed E-state index contributed by atoms with van der Waals surface area (Å²) in [4.78, 5) is 17.8. The molecule has 0 amide bonds. The summed E-state index contributed by atoms with van der Waals surface area (Å²) in [7, 11) is -2.16. The highest BCUT2D eigenvalue weighted by molar-refractivity contribution is 7.89. The van der Waals surface area contributed by atoms with E-state index in [0.717, 1.165) is 24.8 Å². The molecule has 0 spiro atoms. The van der Waals surface area contributed by atoms with Gasteiger partial charge < -0.3 is 0 Å². The summed E-state index contributed by atoms with van der Waals surface area (Å²) in [6, 6.07) is 11.1. The fourth-order valence-corrected chi connectivity index (χ4v) is 5.45. The summed E-state index contributed by atoms with van der Waals surface area (Å²) in [5, 5.41) is 0.917. The monoisotopic (exact) mass is 461 g/mol. The van der Waals surface area contributed by atoms with Gasteiger partial charge in [-0.1, -0.05) is 49.1 Å². The topological polar surface area (TPSA) is 72.3 Å². The molecule has 31 heavy (non-hydrogen) atoms. The predicted molar refractivity (Wildman–Crippen MR) is 125 cm³/mol. The number of hydrogen-bond acceptors (Lipinski definition) is 4. The van der Waals surface area contributed by atoms with Gasteiger partial charge in [-0.2, -0.15) is 4.31 Å². The Bertz CT molecular complexity index is 1240. The molecule has 3 rings (SSSR count). The standard InChI is InChI=1S/C23H28ClN3O3S/c1-5-6-7-14-27(31(29,30)19-11-8-16(2)9-12-19)17(3)22-25-21-15-18(24)10-13-20(21)23(28)26(22)4/h8-13,15,17H,5-7,14H2,1-4H3. The number of aryl methyl sites for hydroxylation is 1. The van der Waals surface area contributed by atoms with Crippen LogP contribution in [-0.2, 0) is 17.1 Å². The molecule has 0 aliphatic rings. The van der Waals surface area contributed by atoms with Gasteiger partial charge in [0.1, 0.15) is 5.82 Å². The first-order valence-corrected chi connectivity index (χ1v) is 12.2. The van der Waals surface area contributed by atoms with Crippen LogP contribution in [-0.4, -0.2) is 28.8 Å². The third-order valence-corrected chi connectivity index (χ3v) is 7.71. The van der Waals surface area contributed by atoms with Gasteiger partial charge in [-0.05, 0) is 50.6 Å². The minimum atomic E-state index is -3.78. The van der Waals surface area contributed by atoms with Crippen LogP contribution in [0.2, 0.25) is 5.02 Å². The Kier molecular flexibility index (Phi) is 7.19. The van der Waals surface area contributed by atoms with E-state index in [1.54, 1.807) is 56.4 Å². The number of fused-ring (bicyclic) bond motifs is 1. The van der Waals surface area contributed by atoms with Crippen LogP contribution in [0.5, 0.6) is 0 Å². The van der Waals surface area contributed by atoms with Gasteiger partial charge >= 0.3 is 0 Å². The van der Waals surface area contributed by atoms with E-state index in [1.165, 1.54) is 8.87 Å². The van der Waals surface area contributed by atoms with E-state index in [0.29, 0.717) is 28.3 Å². The van der Waals surface area contributed by atoms with E-state index in [9.17, 15) is 13.2 Å². The summed E-state index contributed by atoms with van der Waals surface area (Å²) in [5.74, 6) is 0.381. The first-order valence-electron chi connectivity index (χ1n) is 10.4. The van der Waals surface area contributed by atoms with Crippen molar-refractivity contribution in [1.82, 2.24) is 13.9 Å². The SMILES string of the molecule is CCCCCN(C(C)c1nc2cc(Cl)ccc2c(=O)n1C)S(=O)(=O)c1ccc(C)cc1. The Hall–Kier alpha value is -2.22.